The molecule has 0 saturated carbocycles. The Morgan fingerprint density at radius 1 is 1.13 bits per heavy atom. The van der Waals surface area contributed by atoms with Crippen LogP contribution in [0.5, 0.6) is 5.75 Å². The molecule has 3 amide bonds. The summed E-state index contributed by atoms with van der Waals surface area (Å²) in [4.78, 5) is 43.7. The molecule has 0 radical (unpaired) electrons. The average Bonchev–Trinajstić information content (AvgIpc) is 3.30. The highest BCUT2D eigenvalue weighted by Gasteiger charge is 2.33. The highest BCUT2D eigenvalue weighted by Crippen LogP contribution is 2.26. The molecule has 3 rings (SSSR count). The molecule has 1 saturated heterocycles. The second-order valence-corrected chi connectivity index (χ2v) is 10.7. The third-order valence-corrected chi connectivity index (χ3v) is 6.25. The molecular formula is C28H41N5O6. The zero-order valence-corrected chi connectivity index (χ0v) is 23.6. The van der Waals surface area contributed by atoms with Crippen LogP contribution in [0.2, 0.25) is 0 Å². The lowest BCUT2D eigenvalue weighted by Crippen LogP contribution is -2.50. The van der Waals surface area contributed by atoms with Gasteiger partial charge < -0.3 is 29.5 Å². The Hall–Kier alpha value is -3.44. The largest absolute Gasteiger partial charge is 0.497 e. The highest BCUT2D eigenvalue weighted by molar-refractivity contribution is 5.94. The quantitative estimate of drug-likeness (QED) is 0.419. The number of methoxy groups -OCH3 is 1. The fourth-order valence-electron chi connectivity index (χ4n) is 4.38. The highest BCUT2D eigenvalue weighted by atomic mass is 16.5. The number of morpholine rings is 1. The fraction of sp³-hybridized carbons (Fsp3) is 0.571. The normalized spacial score (nSPS) is 14.9. The van der Waals surface area contributed by atoms with E-state index in [0.29, 0.717) is 49.1 Å². The predicted octanol–water partition coefficient (Wildman–Crippen LogP) is 2.92. The molecule has 1 fully saturated rings. The minimum Gasteiger partial charge on any atom is -0.497 e. The molecule has 1 aromatic carbocycles. The summed E-state index contributed by atoms with van der Waals surface area (Å²) in [6, 6.07) is 7.89. The minimum absolute atomic E-state index is 0.0546. The summed E-state index contributed by atoms with van der Waals surface area (Å²) in [6.07, 6.45) is 0.558. The van der Waals surface area contributed by atoms with Crippen molar-refractivity contribution < 1.29 is 28.4 Å². The molecule has 1 atom stereocenters. The number of nitrogens with zero attached hydrogens (tertiary/aromatic N) is 3. The van der Waals surface area contributed by atoms with Crippen LogP contribution in [0.3, 0.4) is 0 Å². The van der Waals surface area contributed by atoms with Crippen LogP contribution in [0.25, 0.3) is 0 Å². The molecule has 0 bridgehead atoms. The number of aryl methyl sites for hydroxylation is 1. The van der Waals surface area contributed by atoms with E-state index in [4.69, 9.17) is 14.0 Å². The Morgan fingerprint density at radius 3 is 2.41 bits per heavy atom. The van der Waals surface area contributed by atoms with Crippen molar-refractivity contribution in [2.24, 2.45) is 0 Å². The number of carbonyl (C=O) groups is 3. The van der Waals surface area contributed by atoms with Crippen molar-refractivity contribution in [3.05, 3.63) is 41.7 Å². The molecule has 2 aromatic rings. The first kappa shape index (κ1) is 30.1. The van der Waals surface area contributed by atoms with Gasteiger partial charge in [0.15, 0.2) is 5.82 Å². The molecule has 0 spiro atoms. The molecule has 2 N–H and O–H groups in total. The third-order valence-electron chi connectivity index (χ3n) is 6.25. The first-order valence-corrected chi connectivity index (χ1v) is 13.3. The van der Waals surface area contributed by atoms with Crippen LogP contribution < -0.4 is 15.4 Å². The molecular weight excluding hydrogens is 502 g/mol. The molecule has 214 valence electrons. The van der Waals surface area contributed by atoms with Gasteiger partial charge in [0, 0.05) is 50.6 Å². The second-order valence-electron chi connectivity index (χ2n) is 10.7. The van der Waals surface area contributed by atoms with Gasteiger partial charge in [0.25, 0.3) is 0 Å². The van der Waals surface area contributed by atoms with E-state index < -0.39 is 11.6 Å². The number of amides is 3. The Bertz CT molecular complexity index is 1090. The van der Waals surface area contributed by atoms with Gasteiger partial charge in [0.2, 0.25) is 17.7 Å². The zero-order chi connectivity index (χ0) is 28.4. The topological polar surface area (TPSA) is 126 Å². The molecule has 1 aliphatic heterocycles. The summed E-state index contributed by atoms with van der Waals surface area (Å²) in [5.41, 5.74) is 0.166. The molecule has 1 aliphatic rings. The van der Waals surface area contributed by atoms with E-state index >= 15 is 0 Å². The van der Waals surface area contributed by atoms with E-state index in [1.54, 1.807) is 49.3 Å². The number of ether oxygens (including phenoxy) is 2. The predicted molar refractivity (Wildman–Crippen MR) is 146 cm³/mol. The Morgan fingerprint density at radius 2 is 1.82 bits per heavy atom. The molecule has 2 heterocycles. The third kappa shape index (κ3) is 9.67. The first-order valence-electron chi connectivity index (χ1n) is 13.3. The zero-order valence-electron chi connectivity index (χ0n) is 23.6. The van der Waals surface area contributed by atoms with Gasteiger partial charge in [-0.3, -0.25) is 19.3 Å². The monoisotopic (exact) mass is 543 g/mol. The van der Waals surface area contributed by atoms with Crippen LogP contribution >= 0.6 is 0 Å². The minimum atomic E-state index is -0.867. The molecule has 1 aromatic heterocycles. The van der Waals surface area contributed by atoms with E-state index in [1.165, 1.54) is 0 Å². The number of hydrogen-bond acceptors (Lipinski definition) is 8. The van der Waals surface area contributed by atoms with E-state index in [-0.39, 0.29) is 30.6 Å². The van der Waals surface area contributed by atoms with Gasteiger partial charge in [-0.15, -0.1) is 0 Å². The van der Waals surface area contributed by atoms with Crippen LogP contribution in [0.1, 0.15) is 57.4 Å². The van der Waals surface area contributed by atoms with Gasteiger partial charge in [-0.05, 0) is 51.8 Å². The summed E-state index contributed by atoms with van der Waals surface area (Å²) in [5, 5.41) is 9.44. The summed E-state index contributed by atoms with van der Waals surface area (Å²) in [5.74, 6) is 0.597. The van der Waals surface area contributed by atoms with Crippen molar-refractivity contribution in [2.75, 3.05) is 51.8 Å². The summed E-state index contributed by atoms with van der Waals surface area (Å²) in [7, 11) is 1.58. The number of benzene rings is 1. The van der Waals surface area contributed by atoms with Crippen molar-refractivity contribution in [1.82, 2.24) is 20.3 Å². The lowest BCUT2D eigenvalue weighted by molar-refractivity contribution is -0.142. The van der Waals surface area contributed by atoms with Gasteiger partial charge in [0.1, 0.15) is 17.6 Å². The Labute approximate surface area is 230 Å². The number of rotatable bonds is 12. The number of nitrogens with one attached hydrogen (secondary N) is 2. The van der Waals surface area contributed by atoms with Crippen molar-refractivity contribution in [2.45, 2.75) is 58.5 Å². The molecule has 11 heteroatoms. The average molecular weight is 544 g/mol. The number of carbonyl (C=O) groups excluding carboxylic acids is 3. The molecule has 0 aliphatic carbocycles. The van der Waals surface area contributed by atoms with Crippen LogP contribution in [0.4, 0.5) is 5.82 Å². The van der Waals surface area contributed by atoms with Crippen LogP contribution in [-0.2, 0) is 19.1 Å². The summed E-state index contributed by atoms with van der Waals surface area (Å²) >= 11 is 0. The van der Waals surface area contributed by atoms with Gasteiger partial charge in [-0.25, -0.2) is 0 Å². The van der Waals surface area contributed by atoms with Crippen LogP contribution in [0.15, 0.2) is 34.9 Å². The first-order chi connectivity index (χ1) is 18.6. The van der Waals surface area contributed by atoms with Crippen molar-refractivity contribution >= 4 is 23.5 Å². The lowest BCUT2D eigenvalue weighted by atomic mass is 10.0. The van der Waals surface area contributed by atoms with Crippen molar-refractivity contribution in [1.29, 1.82) is 0 Å². The second kappa shape index (κ2) is 14.1. The fourth-order valence-corrected chi connectivity index (χ4v) is 4.38. The van der Waals surface area contributed by atoms with Crippen LogP contribution in [-0.4, -0.2) is 84.7 Å². The standard InChI is InChI=1S/C28H41N5O6/c1-20-19-23(31-39-20)29-24(34)11-12-25(35)33(14-6-13-32-15-17-38-18-16-32)26(27(36)30-28(2,3)4)21-7-9-22(37-5)10-8-21/h7-10,19,26H,6,11-18H2,1-5H3,(H,30,36)(H,29,31,34). The van der Waals surface area contributed by atoms with Gasteiger partial charge in [0.05, 0.1) is 20.3 Å². The number of hydrogen-bond donors (Lipinski definition) is 2. The maximum atomic E-state index is 13.7. The number of anilines is 1. The maximum Gasteiger partial charge on any atom is 0.247 e. The van der Waals surface area contributed by atoms with Gasteiger partial charge >= 0.3 is 0 Å². The van der Waals surface area contributed by atoms with E-state index in [0.717, 1.165) is 19.6 Å². The Balaban J connectivity index is 1.80. The maximum absolute atomic E-state index is 13.7. The van der Waals surface area contributed by atoms with E-state index in [1.807, 2.05) is 20.8 Å². The van der Waals surface area contributed by atoms with E-state index in [9.17, 15) is 14.4 Å². The number of aromatic nitrogens is 1. The van der Waals surface area contributed by atoms with Gasteiger partial charge in [-0.1, -0.05) is 17.3 Å². The van der Waals surface area contributed by atoms with Gasteiger partial charge in [-0.2, -0.15) is 0 Å². The smallest absolute Gasteiger partial charge is 0.247 e. The van der Waals surface area contributed by atoms with Crippen LogP contribution in [0, 0.1) is 6.92 Å². The van der Waals surface area contributed by atoms with Crippen molar-refractivity contribution in [3.8, 4) is 5.75 Å². The Kier molecular flexibility index (Phi) is 10.9. The van der Waals surface area contributed by atoms with Crippen molar-refractivity contribution in [3.63, 3.8) is 0 Å². The molecule has 1 unspecified atom stereocenters. The van der Waals surface area contributed by atoms with E-state index in [2.05, 4.69) is 20.7 Å². The lowest BCUT2D eigenvalue weighted by Gasteiger charge is -2.35. The molecule has 39 heavy (non-hydrogen) atoms. The SMILES string of the molecule is COc1ccc(C(C(=O)NC(C)(C)C)N(CCCN2CCOCC2)C(=O)CCC(=O)Nc2cc(C)on2)cc1. The summed E-state index contributed by atoms with van der Waals surface area (Å²) < 4.78 is 15.7. The summed E-state index contributed by atoms with van der Waals surface area (Å²) in [6.45, 7) is 11.6. The molecule has 11 nitrogen and oxygen atoms in total.